The fourth-order valence-electron chi connectivity index (χ4n) is 0.402. The molecule has 0 bridgehead atoms. The highest BCUT2D eigenvalue weighted by atomic mass is 16.5. The Morgan fingerprint density at radius 2 is 2.31 bits per heavy atom. The second-order valence-electron chi connectivity index (χ2n) is 2.00. The highest BCUT2D eigenvalue weighted by Crippen LogP contribution is 1.87. The van der Waals surface area contributed by atoms with E-state index in [9.17, 15) is 4.79 Å². The summed E-state index contributed by atoms with van der Waals surface area (Å²) in [6, 6.07) is 1.27. The van der Waals surface area contributed by atoms with Crippen molar-refractivity contribution in [2.24, 2.45) is 5.16 Å². The average Bonchev–Trinajstić information content (AvgIpc) is 2.16. The molecule has 0 heterocycles. The second-order valence-corrected chi connectivity index (χ2v) is 2.00. The van der Waals surface area contributed by atoms with Crippen LogP contribution in [0.15, 0.2) is 5.16 Å². The molecular weight excluding hydrogens is 180 g/mol. The number of carbonyl (C=O) groups excluding carboxylic acids is 1. The topological polar surface area (TPSA) is 123 Å². The maximum Gasteiger partial charge on any atom is 0.371 e. The first kappa shape index (κ1) is 11.4. The zero-order valence-corrected chi connectivity index (χ0v) is 6.54. The van der Waals surface area contributed by atoms with Gasteiger partial charge in [-0.1, -0.05) is 5.16 Å². The van der Waals surface area contributed by atoms with Crippen molar-refractivity contribution < 1.29 is 25.0 Å². The van der Waals surface area contributed by atoms with Gasteiger partial charge in [0.2, 0.25) is 0 Å². The van der Waals surface area contributed by atoms with E-state index in [-0.39, 0.29) is 0 Å². The average molecular weight is 188 g/mol. The number of nitrogens with zero attached hydrogens (tertiary/aromatic N) is 2. The molecule has 1 atom stereocenters. The number of nitriles is 1. The molecule has 7 nitrogen and oxygen atoms in total. The maximum atomic E-state index is 10.7. The molecule has 7 heteroatoms. The van der Waals surface area contributed by atoms with Gasteiger partial charge in [0.15, 0.2) is 0 Å². The molecule has 0 aliphatic carbocycles. The van der Waals surface area contributed by atoms with Crippen molar-refractivity contribution in [3.05, 3.63) is 0 Å². The molecule has 0 saturated heterocycles. The van der Waals surface area contributed by atoms with E-state index in [1.807, 2.05) is 0 Å². The Labute approximate surface area is 73.5 Å². The van der Waals surface area contributed by atoms with E-state index in [4.69, 9.17) is 20.7 Å². The molecule has 72 valence electrons. The van der Waals surface area contributed by atoms with Crippen LogP contribution in [0.2, 0.25) is 0 Å². The van der Waals surface area contributed by atoms with Gasteiger partial charge >= 0.3 is 5.97 Å². The highest BCUT2D eigenvalue weighted by molar-refractivity contribution is 6.42. The Morgan fingerprint density at radius 1 is 1.69 bits per heavy atom. The number of aliphatic hydroxyl groups excluding tert-OH is 2. The van der Waals surface area contributed by atoms with Gasteiger partial charge in [-0.15, -0.1) is 0 Å². The van der Waals surface area contributed by atoms with Crippen molar-refractivity contribution in [2.45, 2.75) is 6.10 Å². The van der Waals surface area contributed by atoms with Crippen molar-refractivity contribution in [2.75, 3.05) is 13.2 Å². The zero-order valence-electron chi connectivity index (χ0n) is 6.54. The molecule has 1 unspecified atom stereocenters. The van der Waals surface area contributed by atoms with Crippen molar-refractivity contribution in [1.82, 2.24) is 0 Å². The molecule has 0 spiro atoms. The third kappa shape index (κ3) is 4.05. The number of ether oxygens (including phenoxy) is 1. The Balaban J connectivity index is 3.96. The van der Waals surface area contributed by atoms with E-state index in [2.05, 4.69) is 9.89 Å². The zero-order chi connectivity index (χ0) is 10.3. The number of oxime groups is 1. The summed E-state index contributed by atoms with van der Waals surface area (Å²) in [5.41, 5.74) is -0.815. The second kappa shape index (κ2) is 5.93. The van der Waals surface area contributed by atoms with Crippen molar-refractivity contribution in [3.63, 3.8) is 0 Å². The summed E-state index contributed by atoms with van der Waals surface area (Å²) in [6.07, 6.45) is -1.21. The smallest absolute Gasteiger partial charge is 0.371 e. The summed E-state index contributed by atoms with van der Waals surface area (Å²) in [6.45, 7) is -1.03. The first-order valence-electron chi connectivity index (χ1n) is 3.24. The number of esters is 1. The van der Waals surface area contributed by atoms with Crippen LogP contribution in [0.5, 0.6) is 0 Å². The van der Waals surface area contributed by atoms with Gasteiger partial charge in [-0.3, -0.25) is 0 Å². The van der Waals surface area contributed by atoms with Crippen LogP contribution in [0, 0.1) is 11.3 Å². The Hall–Kier alpha value is -1.65. The van der Waals surface area contributed by atoms with Crippen LogP contribution >= 0.6 is 0 Å². The SMILES string of the molecule is N#C/C(=N\O)C(=O)OCC(O)CO. The minimum atomic E-state index is -1.21. The van der Waals surface area contributed by atoms with Gasteiger partial charge in [0.1, 0.15) is 18.8 Å². The maximum absolute atomic E-state index is 10.7. The lowest BCUT2D eigenvalue weighted by atomic mass is 10.4. The third-order valence-corrected chi connectivity index (χ3v) is 1.02. The lowest BCUT2D eigenvalue weighted by Gasteiger charge is -2.06. The predicted molar refractivity (Wildman–Crippen MR) is 38.9 cm³/mol. The van der Waals surface area contributed by atoms with Gasteiger partial charge in [-0.05, 0) is 0 Å². The van der Waals surface area contributed by atoms with Gasteiger partial charge in [-0.25, -0.2) is 4.79 Å². The molecule has 0 amide bonds. The molecule has 3 N–H and O–H groups in total. The van der Waals surface area contributed by atoms with E-state index in [1.165, 1.54) is 6.07 Å². The Morgan fingerprint density at radius 3 is 2.69 bits per heavy atom. The van der Waals surface area contributed by atoms with Gasteiger partial charge < -0.3 is 20.2 Å². The Kier molecular flexibility index (Phi) is 5.18. The fraction of sp³-hybridized carbons (Fsp3) is 0.500. The number of rotatable bonds is 4. The minimum absolute atomic E-state index is 0.462. The standard InChI is InChI=1S/C6H8N2O5/c7-1-5(8-12)6(11)13-3-4(10)2-9/h4,9-10,12H,2-3H2/b8-5+. The molecule has 0 aliphatic heterocycles. The summed E-state index contributed by atoms with van der Waals surface area (Å²) >= 11 is 0. The van der Waals surface area contributed by atoms with Crippen LogP contribution in [0.4, 0.5) is 0 Å². The first-order valence-corrected chi connectivity index (χ1v) is 3.24. The van der Waals surface area contributed by atoms with Crippen LogP contribution < -0.4 is 0 Å². The molecule has 0 saturated carbocycles. The Bertz CT molecular complexity index is 244. The van der Waals surface area contributed by atoms with Gasteiger partial charge in [0.05, 0.1) is 6.61 Å². The van der Waals surface area contributed by atoms with Crippen LogP contribution in [0.25, 0.3) is 0 Å². The van der Waals surface area contributed by atoms with Crippen LogP contribution in [-0.2, 0) is 9.53 Å². The lowest BCUT2D eigenvalue weighted by Crippen LogP contribution is -2.25. The van der Waals surface area contributed by atoms with Crippen LogP contribution in [-0.4, -0.2) is 46.4 Å². The summed E-state index contributed by atoms with van der Waals surface area (Å²) in [4.78, 5) is 10.7. The largest absolute Gasteiger partial charge is 0.457 e. The van der Waals surface area contributed by atoms with Crippen LogP contribution in [0.3, 0.4) is 0 Å². The molecule has 0 rings (SSSR count). The number of carbonyl (C=O) groups is 1. The molecule has 0 aliphatic rings. The van der Waals surface area contributed by atoms with Gasteiger partial charge in [0, 0.05) is 0 Å². The summed E-state index contributed by atoms with van der Waals surface area (Å²) in [7, 11) is 0. The molecule has 13 heavy (non-hydrogen) atoms. The monoisotopic (exact) mass is 188 g/mol. The lowest BCUT2D eigenvalue weighted by molar-refractivity contribution is -0.139. The molecule has 0 radical (unpaired) electrons. The van der Waals surface area contributed by atoms with E-state index >= 15 is 0 Å². The van der Waals surface area contributed by atoms with Gasteiger partial charge in [0.25, 0.3) is 5.71 Å². The predicted octanol–water partition coefficient (Wildman–Crippen LogP) is -1.76. The molecule has 0 aromatic rings. The number of aliphatic hydroxyl groups is 2. The number of hydrogen-bond donors (Lipinski definition) is 3. The van der Waals surface area contributed by atoms with Crippen molar-refractivity contribution >= 4 is 11.7 Å². The number of hydrogen-bond acceptors (Lipinski definition) is 7. The highest BCUT2D eigenvalue weighted by Gasteiger charge is 2.14. The normalized spacial score (nSPS) is 13.2. The third-order valence-electron chi connectivity index (χ3n) is 1.02. The summed E-state index contributed by atoms with van der Waals surface area (Å²) < 4.78 is 4.28. The van der Waals surface area contributed by atoms with E-state index in [1.54, 1.807) is 0 Å². The van der Waals surface area contributed by atoms with E-state index < -0.39 is 31.0 Å². The molecule has 0 fully saturated rings. The van der Waals surface area contributed by atoms with Crippen LogP contribution in [0.1, 0.15) is 0 Å². The minimum Gasteiger partial charge on any atom is -0.457 e. The fourth-order valence-corrected chi connectivity index (χ4v) is 0.402. The summed E-state index contributed by atoms with van der Waals surface area (Å²) in [5, 5.41) is 35.6. The quantitative estimate of drug-likeness (QED) is 0.208. The van der Waals surface area contributed by atoms with Crippen molar-refractivity contribution in [1.29, 1.82) is 5.26 Å². The van der Waals surface area contributed by atoms with E-state index in [0.717, 1.165) is 0 Å². The van der Waals surface area contributed by atoms with Gasteiger partial charge in [-0.2, -0.15) is 5.26 Å². The van der Waals surface area contributed by atoms with Crippen molar-refractivity contribution in [3.8, 4) is 6.07 Å². The summed E-state index contributed by atoms with van der Waals surface area (Å²) in [5.74, 6) is -1.16. The molecule has 0 aromatic carbocycles. The first-order chi connectivity index (χ1) is 6.15. The molecule has 0 aromatic heterocycles. The molecular formula is C6H8N2O5. The van der Waals surface area contributed by atoms with E-state index in [0.29, 0.717) is 0 Å².